The summed E-state index contributed by atoms with van der Waals surface area (Å²) in [6.07, 6.45) is 5.60. The van der Waals surface area contributed by atoms with Crippen molar-refractivity contribution in [2.24, 2.45) is 0 Å². The molecule has 0 radical (unpaired) electrons. The molecule has 1 aliphatic heterocycles. The first-order valence-corrected chi connectivity index (χ1v) is 17.5. The lowest BCUT2D eigenvalue weighted by molar-refractivity contribution is 0.0785. The van der Waals surface area contributed by atoms with Gasteiger partial charge in [-0.15, -0.1) is 5.10 Å². The number of benzene rings is 2. The fraction of sp³-hybridized carbons (Fsp3) is 0.300. The second-order valence-electron chi connectivity index (χ2n) is 11.4. The summed E-state index contributed by atoms with van der Waals surface area (Å²) in [5, 5.41) is 9.05. The molecule has 1 saturated heterocycles. The molecule has 41 heavy (non-hydrogen) atoms. The van der Waals surface area contributed by atoms with Crippen LogP contribution in [0.3, 0.4) is 0 Å². The molecule has 0 N–H and O–H groups in total. The average molecular weight is 568 g/mol. The van der Waals surface area contributed by atoms with Crippen molar-refractivity contribution < 1.29 is 14.3 Å². The number of amides is 1. The molecule has 4 heterocycles. The largest absolute Gasteiger partial charge is 0.447 e. The van der Waals surface area contributed by atoms with Crippen LogP contribution in [0.1, 0.15) is 5.56 Å². The van der Waals surface area contributed by atoms with E-state index in [2.05, 4.69) is 47.0 Å². The van der Waals surface area contributed by atoms with Crippen molar-refractivity contribution in [1.29, 1.82) is 0 Å². The van der Waals surface area contributed by atoms with Gasteiger partial charge in [0.1, 0.15) is 25.5 Å². The summed E-state index contributed by atoms with van der Waals surface area (Å²) in [6.45, 7) is 8.46. The molecule has 3 aromatic heterocycles. The summed E-state index contributed by atoms with van der Waals surface area (Å²) < 4.78 is 14.6. The van der Waals surface area contributed by atoms with E-state index in [4.69, 9.17) is 14.5 Å². The maximum Gasteiger partial charge on any atom is 0.415 e. The second-order valence-corrected chi connectivity index (χ2v) is 17.1. The highest BCUT2D eigenvalue weighted by Crippen LogP contribution is 2.29. The van der Waals surface area contributed by atoms with E-state index in [9.17, 15) is 4.79 Å². The smallest absolute Gasteiger partial charge is 0.415 e. The number of carbonyl (C=O) groups excluding carboxylic acids is 1. The summed E-state index contributed by atoms with van der Waals surface area (Å²) in [6, 6.07) is 20.9. The van der Waals surface area contributed by atoms with Gasteiger partial charge in [0.2, 0.25) is 0 Å². The predicted molar refractivity (Wildman–Crippen MR) is 159 cm³/mol. The molecule has 11 heteroatoms. The van der Waals surface area contributed by atoms with Crippen molar-refractivity contribution >= 4 is 25.6 Å². The Bertz CT molecular complexity index is 1640. The summed E-state index contributed by atoms with van der Waals surface area (Å²) >= 11 is 0. The third-order valence-corrected chi connectivity index (χ3v) is 8.79. The lowest BCUT2D eigenvalue weighted by Gasteiger charge is -2.20. The monoisotopic (exact) mass is 567 g/mol. The summed E-state index contributed by atoms with van der Waals surface area (Å²) in [4.78, 5) is 23.7. The van der Waals surface area contributed by atoms with Crippen LogP contribution < -0.4 is 4.90 Å². The molecular weight excluding hydrogens is 534 g/mol. The van der Waals surface area contributed by atoms with Crippen molar-refractivity contribution in [3.05, 3.63) is 84.9 Å². The number of cyclic esters (lactones) is 1. The third-order valence-electron chi connectivity index (χ3n) is 7.09. The van der Waals surface area contributed by atoms with Gasteiger partial charge in [0.05, 0.1) is 12.2 Å². The maximum atomic E-state index is 12.7. The van der Waals surface area contributed by atoms with E-state index in [-0.39, 0.29) is 12.1 Å². The van der Waals surface area contributed by atoms with Gasteiger partial charge in [0.15, 0.2) is 11.5 Å². The van der Waals surface area contributed by atoms with Crippen LogP contribution in [-0.4, -0.2) is 62.8 Å². The SMILES string of the molecule is C[Si](C)(C)CCOCn1cnc(-c2ccc(-c3cnn4ccc(N5C(=O)OC[C@@H]5Cc5ccccc5)nc34)cc2)n1. The van der Waals surface area contributed by atoms with E-state index >= 15 is 0 Å². The van der Waals surface area contributed by atoms with Crippen LogP contribution in [0.4, 0.5) is 10.6 Å². The Hall–Kier alpha value is -4.35. The van der Waals surface area contributed by atoms with E-state index in [1.54, 1.807) is 32.7 Å². The van der Waals surface area contributed by atoms with E-state index in [1.807, 2.05) is 48.7 Å². The number of carbonyl (C=O) groups is 1. The molecular formula is C30H33N7O3Si. The van der Waals surface area contributed by atoms with Crippen molar-refractivity contribution in [1.82, 2.24) is 29.4 Å². The number of nitrogens with zero attached hydrogens (tertiary/aromatic N) is 7. The summed E-state index contributed by atoms with van der Waals surface area (Å²) in [7, 11) is -1.12. The third kappa shape index (κ3) is 6.05. The van der Waals surface area contributed by atoms with E-state index < -0.39 is 8.07 Å². The lowest BCUT2D eigenvalue weighted by atomic mass is 10.1. The van der Waals surface area contributed by atoms with Crippen LogP contribution in [0.15, 0.2) is 79.4 Å². The molecule has 0 bridgehead atoms. The topological polar surface area (TPSA) is 99.7 Å². The molecule has 0 spiro atoms. The van der Waals surface area contributed by atoms with E-state index in [1.165, 1.54) is 0 Å². The highest BCUT2D eigenvalue weighted by Gasteiger charge is 2.35. The fourth-order valence-electron chi connectivity index (χ4n) is 4.80. The van der Waals surface area contributed by atoms with Gasteiger partial charge >= 0.3 is 6.09 Å². The molecule has 1 fully saturated rings. The number of ether oxygens (including phenoxy) is 2. The van der Waals surface area contributed by atoms with Gasteiger partial charge < -0.3 is 9.47 Å². The zero-order chi connectivity index (χ0) is 28.4. The van der Waals surface area contributed by atoms with Crippen LogP contribution in [0, 0.1) is 0 Å². The van der Waals surface area contributed by atoms with Crippen LogP contribution in [0.25, 0.3) is 28.2 Å². The van der Waals surface area contributed by atoms with Crippen molar-refractivity contribution in [2.45, 2.75) is 44.9 Å². The predicted octanol–water partition coefficient (Wildman–Crippen LogP) is 5.54. The highest BCUT2D eigenvalue weighted by atomic mass is 28.3. The molecule has 210 valence electrons. The van der Waals surface area contributed by atoms with Gasteiger partial charge in [-0.3, -0.25) is 4.90 Å². The molecule has 0 saturated carbocycles. The number of aromatic nitrogens is 6. The minimum Gasteiger partial charge on any atom is -0.447 e. The Kier molecular flexibility index (Phi) is 7.37. The zero-order valence-electron chi connectivity index (χ0n) is 23.5. The van der Waals surface area contributed by atoms with Crippen LogP contribution in [0.2, 0.25) is 25.7 Å². The number of hydrogen-bond donors (Lipinski definition) is 0. The fourth-order valence-corrected chi connectivity index (χ4v) is 5.56. The molecule has 1 aliphatic rings. The van der Waals surface area contributed by atoms with Gasteiger partial charge in [0.25, 0.3) is 0 Å². The Morgan fingerprint density at radius 2 is 1.80 bits per heavy atom. The lowest BCUT2D eigenvalue weighted by Crippen LogP contribution is -2.35. The van der Waals surface area contributed by atoms with Crippen LogP contribution >= 0.6 is 0 Å². The average Bonchev–Trinajstić information content (AvgIpc) is 3.70. The number of anilines is 1. The molecule has 0 unspecified atom stereocenters. The molecule has 0 aliphatic carbocycles. The van der Waals surface area contributed by atoms with Gasteiger partial charge in [-0.05, 0) is 29.7 Å². The molecule has 6 rings (SSSR count). The molecule has 10 nitrogen and oxygen atoms in total. The molecule has 1 amide bonds. The first-order valence-electron chi connectivity index (χ1n) is 13.8. The van der Waals surface area contributed by atoms with Gasteiger partial charge in [-0.25, -0.2) is 24.0 Å². The number of fused-ring (bicyclic) bond motifs is 1. The molecule has 2 aromatic carbocycles. The first kappa shape index (κ1) is 26.8. The maximum absolute atomic E-state index is 12.7. The Labute approximate surface area is 239 Å². The van der Waals surface area contributed by atoms with Crippen molar-refractivity contribution in [3.63, 3.8) is 0 Å². The first-order chi connectivity index (χ1) is 19.8. The Morgan fingerprint density at radius 3 is 2.59 bits per heavy atom. The minimum atomic E-state index is -1.12. The Balaban J connectivity index is 1.19. The summed E-state index contributed by atoms with van der Waals surface area (Å²) in [5.74, 6) is 1.18. The molecule has 1 atom stereocenters. The van der Waals surface area contributed by atoms with Crippen LogP contribution in [-0.2, 0) is 22.6 Å². The van der Waals surface area contributed by atoms with Crippen molar-refractivity contribution in [3.8, 4) is 22.5 Å². The molecule has 5 aromatic rings. The second kappa shape index (κ2) is 11.3. The van der Waals surface area contributed by atoms with E-state index in [0.717, 1.165) is 34.9 Å². The van der Waals surface area contributed by atoms with Gasteiger partial charge in [-0.1, -0.05) is 74.2 Å². The van der Waals surface area contributed by atoms with E-state index in [0.29, 0.717) is 37.0 Å². The minimum absolute atomic E-state index is 0.136. The van der Waals surface area contributed by atoms with Crippen LogP contribution in [0.5, 0.6) is 0 Å². The number of rotatable bonds is 10. The van der Waals surface area contributed by atoms with Gasteiger partial charge in [0, 0.05) is 32.0 Å². The summed E-state index contributed by atoms with van der Waals surface area (Å²) in [5.41, 5.74) is 4.52. The highest BCUT2D eigenvalue weighted by molar-refractivity contribution is 6.76. The van der Waals surface area contributed by atoms with Gasteiger partial charge in [-0.2, -0.15) is 5.10 Å². The normalized spacial score (nSPS) is 15.5. The number of hydrogen-bond acceptors (Lipinski definition) is 7. The zero-order valence-corrected chi connectivity index (χ0v) is 24.5. The Morgan fingerprint density at radius 1 is 1.02 bits per heavy atom. The quantitative estimate of drug-likeness (QED) is 0.161. The standard InChI is InChI=1S/C30H33N7O3Si/c1-41(2,3)16-15-39-21-35-20-31-28(34-35)24-11-9-23(10-12-24)26-18-32-36-14-13-27(33-29(26)36)37-25(19-40-30(37)38)17-22-7-5-4-6-8-22/h4-14,18,20,25H,15-17,19,21H2,1-3H3/t25-/m0/s1. The van der Waals surface area contributed by atoms with Crippen molar-refractivity contribution in [2.75, 3.05) is 18.1 Å².